The van der Waals surface area contributed by atoms with E-state index in [1.165, 1.54) is 6.07 Å². The lowest BCUT2D eigenvalue weighted by Gasteiger charge is -2.04. The molecular weight excluding hydrogens is 257 g/mol. The first kappa shape index (κ1) is 12.3. The van der Waals surface area contributed by atoms with Gasteiger partial charge in [0.15, 0.2) is 0 Å². The van der Waals surface area contributed by atoms with Crippen molar-refractivity contribution in [3.05, 3.63) is 54.1 Å². The maximum absolute atomic E-state index is 14.0. The average Bonchev–Trinajstić information content (AvgIpc) is 2.84. The Balaban J connectivity index is 2.24. The van der Waals surface area contributed by atoms with Crippen molar-refractivity contribution < 1.29 is 8.91 Å². The zero-order valence-electron chi connectivity index (χ0n) is 10.8. The highest BCUT2D eigenvalue weighted by atomic mass is 19.1. The Morgan fingerprint density at radius 2 is 2.10 bits per heavy atom. The van der Waals surface area contributed by atoms with Crippen molar-refractivity contribution in [2.75, 3.05) is 5.73 Å². The van der Waals surface area contributed by atoms with Gasteiger partial charge in [-0.05, 0) is 25.1 Å². The summed E-state index contributed by atoms with van der Waals surface area (Å²) in [7, 11) is 0. The summed E-state index contributed by atoms with van der Waals surface area (Å²) < 4.78 is 19.1. The molecule has 0 unspecified atom stereocenters. The van der Waals surface area contributed by atoms with Gasteiger partial charge in [0, 0.05) is 23.5 Å². The van der Waals surface area contributed by atoms with E-state index in [1.807, 2.05) is 13.0 Å². The molecule has 0 amide bonds. The van der Waals surface area contributed by atoms with Gasteiger partial charge < -0.3 is 10.3 Å². The molecule has 2 aromatic heterocycles. The van der Waals surface area contributed by atoms with Crippen molar-refractivity contribution in [2.45, 2.75) is 6.92 Å². The molecule has 0 saturated carbocycles. The quantitative estimate of drug-likeness (QED) is 0.774. The third kappa shape index (κ3) is 2.03. The van der Waals surface area contributed by atoms with Crippen LogP contribution in [-0.2, 0) is 0 Å². The lowest BCUT2D eigenvalue weighted by atomic mass is 10.0. The second-order valence-corrected chi connectivity index (χ2v) is 4.50. The van der Waals surface area contributed by atoms with E-state index in [1.54, 1.807) is 30.6 Å². The summed E-state index contributed by atoms with van der Waals surface area (Å²) in [5, 5.41) is 3.90. The normalized spacial score (nSPS) is 10.7. The highest BCUT2D eigenvalue weighted by molar-refractivity contribution is 5.86. The lowest BCUT2D eigenvalue weighted by Crippen LogP contribution is -1.91. The molecular formula is C15H12FN3O. The van der Waals surface area contributed by atoms with Crippen molar-refractivity contribution in [3.63, 3.8) is 0 Å². The van der Waals surface area contributed by atoms with Gasteiger partial charge in [-0.2, -0.15) is 0 Å². The Morgan fingerprint density at radius 3 is 2.85 bits per heavy atom. The highest BCUT2D eigenvalue weighted by Gasteiger charge is 2.20. The highest BCUT2D eigenvalue weighted by Crippen LogP contribution is 2.36. The molecule has 0 aliphatic rings. The summed E-state index contributed by atoms with van der Waals surface area (Å²) in [6, 6.07) is 8.42. The lowest BCUT2D eigenvalue weighted by molar-refractivity contribution is 0.439. The van der Waals surface area contributed by atoms with Crippen LogP contribution in [0, 0.1) is 12.7 Å². The zero-order valence-corrected chi connectivity index (χ0v) is 10.8. The molecule has 5 heteroatoms. The number of aromatic nitrogens is 2. The molecule has 3 rings (SSSR count). The molecule has 0 radical (unpaired) electrons. The van der Waals surface area contributed by atoms with Crippen LogP contribution >= 0.6 is 0 Å². The smallest absolute Gasteiger partial charge is 0.230 e. The van der Waals surface area contributed by atoms with Gasteiger partial charge in [-0.25, -0.2) is 4.39 Å². The Morgan fingerprint density at radius 1 is 1.25 bits per heavy atom. The SMILES string of the molecule is Cc1ccc(F)c(-c2noc(N)c2-c2cccnc2)c1. The van der Waals surface area contributed by atoms with Crippen LogP contribution in [0.4, 0.5) is 10.3 Å². The fraction of sp³-hybridized carbons (Fsp3) is 0.0667. The molecule has 0 fully saturated rings. The van der Waals surface area contributed by atoms with Crippen LogP contribution < -0.4 is 5.73 Å². The number of anilines is 1. The standard InChI is InChI=1S/C15H12FN3O/c1-9-4-5-12(16)11(7-9)14-13(15(17)20-19-14)10-3-2-6-18-8-10/h2-8H,17H2,1H3. The molecule has 0 atom stereocenters. The number of nitrogens with zero attached hydrogens (tertiary/aromatic N) is 2. The first-order valence-electron chi connectivity index (χ1n) is 6.09. The molecule has 2 N–H and O–H groups in total. The molecule has 0 spiro atoms. The first-order chi connectivity index (χ1) is 9.66. The minimum Gasteiger partial charge on any atom is -0.367 e. The number of hydrogen-bond donors (Lipinski definition) is 1. The average molecular weight is 269 g/mol. The van der Waals surface area contributed by atoms with Gasteiger partial charge in [0.1, 0.15) is 11.5 Å². The molecule has 2 heterocycles. The second-order valence-electron chi connectivity index (χ2n) is 4.50. The Labute approximate surface area is 115 Å². The predicted octanol–water partition coefficient (Wildman–Crippen LogP) is 3.43. The number of benzene rings is 1. The fourth-order valence-corrected chi connectivity index (χ4v) is 2.10. The summed E-state index contributed by atoms with van der Waals surface area (Å²) in [6.07, 6.45) is 3.29. The summed E-state index contributed by atoms with van der Waals surface area (Å²) in [4.78, 5) is 4.04. The molecule has 1 aromatic carbocycles. The number of rotatable bonds is 2. The number of nitrogen functional groups attached to an aromatic ring is 1. The fourth-order valence-electron chi connectivity index (χ4n) is 2.10. The van der Waals surface area contributed by atoms with E-state index in [-0.39, 0.29) is 11.7 Å². The van der Waals surface area contributed by atoms with Crippen LogP contribution in [0.25, 0.3) is 22.4 Å². The zero-order chi connectivity index (χ0) is 14.1. The molecule has 3 aromatic rings. The van der Waals surface area contributed by atoms with Crippen molar-refractivity contribution in [1.29, 1.82) is 0 Å². The Hall–Kier alpha value is -2.69. The summed E-state index contributed by atoms with van der Waals surface area (Å²) in [5.74, 6) is -0.219. The number of halogens is 1. The van der Waals surface area contributed by atoms with E-state index in [9.17, 15) is 4.39 Å². The van der Waals surface area contributed by atoms with E-state index in [2.05, 4.69) is 10.1 Å². The third-order valence-corrected chi connectivity index (χ3v) is 3.05. The van der Waals surface area contributed by atoms with Crippen molar-refractivity contribution in [1.82, 2.24) is 10.1 Å². The second kappa shape index (κ2) is 4.77. The Bertz CT molecular complexity index is 753. The minimum atomic E-state index is -0.367. The van der Waals surface area contributed by atoms with Crippen LogP contribution in [0.15, 0.2) is 47.2 Å². The number of pyridine rings is 1. The van der Waals surface area contributed by atoms with Gasteiger partial charge in [-0.1, -0.05) is 22.9 Å². The van der Waals surface area contributed by atoms with Gasteiger partial charge in [-0.15, -0.1) is 0 Å². The number of aryl methyl sites for hydroxylation is 1. The van der Waals surface area contributed by atoms with Gasteiger partial charge in [0.2, 0.25) is 5.88 Å². The van der Waals surface area contributed by atoms with Crippen molar-refractivity contribution >= 4 is 5.88 Å². The molecule has 100 valence electrons. The Kier molecular flexibility index (Phi) is 2.95. The van der Waals surface area contributed by atoms with E-state index in [0.717, 1.165) is 11.1 Å². The maximum Gasteiger partial charge on any atom is 0.230 e. The van der Waals surface area contributed by atoms with Crippen LogP contribution in [-0.4, -0.2) is 10.1 Å². The molecule has 20 heavy (non-hydrogen) atoms. The van der Waals surface area contributed by atoms with Gasteiger partial charge >= 0.3 is 0 Å². The van der Waals surface area contributed by atoms with E-state index in [4.69, 9.17) is 10.3 Å². The minimum absolute atomic E-state index is 0.147. The molecule has 0 aliphatic heterocycles. The van der Waals surface area contributed by atoms with Crippen molar-refractivity contribution in [3.8, 4) is 22.4 Å². The third-order valence-electron chi connectivity index (χ3n) is 3.05. The van der Waals surface area contributed by atoms with Gasteiger partial charge in [0.25, 0.3) is 0 Å². The van der Waals surface area contributed by atoms with Crippen molar-refractivity contribution in [2.24, 2.45) is 0 Å². The van der Waals surface area contributed by atoms with Gasteiger partial charge in [0.05, 0.1) is 5.56 Å². The summed E-state index contributed by atoms with van der Waals surface area (Å²) in [6.45, 7) is 1.89. The molecule has 0 bridgehead atoms. The van der Waals surface area contributed by atoms with Crippen LogP contribution in [0.2, 0.25) is 0 Å². The topological polar surface area (TPSA) is 64.9 Å². The summed E-state index contributed by atoms with van der Waals surface area (Å²) in [5.41, 5.74) is 8.80. The van der Waals surface area contributed by atoms with E-state index in [0.29, 0.717) is 16.8 Å². The predicted molar refractivity (Wildman–Crippen MR) is 74.3 cm³/mol. The number of hydrogen-bond acceptors (Lipinski definition) is 4. The molecule has 0 saturated heterocycles. The van der Waals surface area contributed by atoms with E-state index < -0.39 is 0 Å². The largest absolute Gasteiger partial charge is 0.367 e. The van der Waals surface area contributed by atoms with Gasteiger partial charge in [-0.3, -0.25) is 4.98 Å². The number of nitrogens with two attached hydrogens (primary N) is 1. The molecule has 4 nitrogen and oxygen atoms in total. The summed E-state index contributed by atoms with van der Waals surface area (Å²) >= 11 is 0. The van der Waals surface area contributed by atoms with Crippen LogP contribution in [0.3, 0.4) is 0 Å². The van der Waals surface area contributed by atoms with E-state index >= 15 is 0 Å². The maximum atomic E-state index is 14.0. The van der Waals surface area contributed by atoms with Crippen LogP contribution in [0.5, 0.6) is 0 Å². The first-order valence-corrected chi connectivity index (χ1v) is 6.09. The monoisotopic (exact) mass is 269 g/mol. The molecule has 0 aliphatic carbocycles. The van der Waals surface area contributed by atoms with Crippen LogP contribution in [0.1, 0.15) is 5.56 Å².